The number of aromatic nitrogens is 2. The molecule has 0 aliphatic carbocycles. The van der Waals surface area contributed by atoms with Crippen molar-refractivity contribution in [2.45, 2.75) is 6.54 Å². The zero-order valence-corrected chi connectivity index (χ0v) is 12.7. The van der Waals surface area contributed by atoms with E-state index in [-0.39, 0.29) is 12.1 Å². The molecule has 2 heterocycles. The van der Waals surface area contributed by atoms with Crippen LogP contribution >= 0.6 is 0 Å². The van der Waals surface area contributed by atoms with Crippen LogP contribution in [0.1, 0.15) is 11.3 Å². The van der Waals surface area contributed by atoms with Gasteiger partial charge in [0.2, 0.25) is 0 Å². The maximum atomic E-state index is 12.2. The summed E-state index contributed by atoms with van der Waals surface area (Å²) in [7, 11) is 0. The van der Waals surface area contributed by atoms with Crippen molar-refractivity contribution in [1.82, 2.24) is 15.5 Å². The summed E-state index contributed by atoms with van der Waals surface area (Å²) in [6.07, 6.45) is 4.63. The molecular weight excluding hydrogens is 304 g/mol. The van der Waals surface area contributed by atoms with Crippen molar-refractivity contribution in [3.63, 3.8) is 0 Å². The van der Waals surface area contributed by atoms with Crippen LogP contribution < -0.4 is 5.32 Å². The molecule has 0 atom stereocenters. The van der Waals surface area contributed by atoms with Crippen LogP contribution in [0.3, 0.4) is 0 Å². The van der Waals surface area contributed by atoms with Gasteiger partial charge in [-0.15, -0.1) is 0 Å². The number of aromatic amines is 1. The maximum absolute atomic E-state index is 12.2. The number of carbonyl (C=O) groups excluding carboxylic acids is 1. The summed E-state index contributed by atoms with van der Waals surface area (Å²) in [5.74, 6) is 0.156. The van der Waals surface area contributed by atoms with Crippen LogP contribution in [0.15, 0.2) is 64.9 Å². The molecule has 0 aliphatic heterocycles. The number of amides is 1. The molecule has 0 saturated heterocycles. The minimum absolute atomic E-state index is 0.000127. The minimum atomic E-state index is -0.464. The summed E-state index contributed by atoms with van der Waals surface area (Å²) >= 11 is 0. The first-order valence-corrected chi connectivity index (χ1v) is 7.29. The number of H-pyrrole nitrogens is 1. The molecular formula is C18H14N4O2. The Morgan fingerprint density at radius 3 is 2.83 bits per heavy atom. The van der Waals surface area contributed by atoms with Gasteiger partial charge in [-0.3, -0.25) is 9.89 Å². The first-order valence-electron chi connectivity index (χ1n) is 7.29. The predicted molar refractivity (Wildman–Crippen MR) is 88.2 cm³/mol. The largest absolute Gasteiger partial charge is 0.467 e. The molecule has 3 aromatic rings. The maximum Gasteiger partial charge on any atom is 0.262 e. The van der Waals surface area contributed by atoms with E-state index in [1.807, 2.05) is 36.4 Å². The second-order valence-electron chi connectivity index (χ2n) is 5.00. The Labute approximate surface area is 138 Å². The highest BCUT2D eigenvalue weighted by atomic mass is 16.3. The van der Waals surface area contributed by atoms with Crippen molar-refractivity contribution in [3.05, 3.63) is 71.8 Å². The van der Waals surface area contributed by atoms with Crippen molar-refractivity contribution in [3.8, 4) is 17.3 Å². The quantitative estimate of drug-likeness (QED) is 0.558. The SMILES string of the molecule is N#C/C(=C/c1cn[nH]c1-c1ccccc1)C(=O)NCc1ccco1. The van der Waals surface area contributed by atoms with Crippen LogP contribution in [0.25, 0.3) is 17.3 Å². The lowest BCUT2D eigenvalue weighted by atomic mass is 10.1. The highest BCUT2D eigenvalue weighted by Crippen LogP contribution is 2.22. The van der Waals surface area contributed by atoms with Gasteiger partial charge in [0, 0.05) is 11.1 Å². The molecule has 1 aromatic carbocycles. The fourth-order valence-corrected chi connectivity index (χ4v) is 2.22. The van der Waals surface area contributed by atoms with Gasteiger partial charge in [0.1, 0.15) is 17.4 Å². The summed E-state index contributed by atoms with van der Waals surface area (Å²) in [5, 5.41) is 18.8. The zero-order chi connectivity index (χ0) is 16.8. The van der Waals surface area contributed by atoms with Gasteiger partial charge in [-0.1, -0.05) is 30.3 Å². The Bertz CT molecular complexity index is 887. The molecule has 118 valence electrons. The number of furan rings is 1. The van der Waals surface area contributed by atoms with Gasteiger partial charge < -0.3 is 9.73 Å². The van der Waals surface area contributed by atoms with E-state index < -0.39 is 5.91 Å². The Morgan fingerprint density at radius 2 is 2.12 bits per heavy atom. The van der Waals surface area contributed by atoms with Crippen LogP contribution in [0.5, 0.6) is 0 Å². The first kappa shape index (κ1) is 15.3. The van der Waals surface area contributed by atoms with E-state index in [0.717, 1.165) is 11.3 Å². The van der Waals surface area contributed by atoms with Crippen LogP contribution in [0, 0.1) is 11.3 Å². The molecule has 0 radical (unpaired) electrons. The second kappa shape index (κ2) is 7.11. The van der Waals surface area contributed by atoms with Crippen molar-refractivity contribution >= 4 is 12.0 Å². The van der Waals surface area contributed by atoms with E-state index in [0.29, 0.717) is 11.3 Å². The number of rotatable bonds is 5. The lowest BCUT2D eigenvalue weighted by molar-refractivity contribution is -0.117. The fraction of sp³-hybridized carbons (Fsp3) is 0.0556. The van der Waals surface area contributed by atoms with Gasteiger partial charge in [-0.25, -0.2) is 0 Å². The van der Waals surface area contributed by atoms with E-state index in [1.165, 1.54) is 12.3 Å². The Morgan fingerprint density at radius 1 is 1.29 bits per heavy atom. The summed E-state index contributed by atoms with van der Waals surface area (Å²) in [6.45, 7) is 0.224. The average molecular weight is 318 g/mol. The number of carbonyl (C=O) groups is 1. The molecule has 6 nitrogen and oxygen atoms in total. The van der Waals surface area contributed by atoms with Gasteiger partial charge in [0.25, 0.3) is 5.91 Å². The minimum Gasteiger partial charge on any atom is -0.467 e. The molecule has 0 saturated carbocycles. The number of benzene rings is 1. The lowest BCUT2D eigenvalue weighted by Gasteiger charge is -2.03. The molecule has 0 spiro atoms. The molecule has 0 fully saturated rings. The second-order valence-corrected chi connectivity index (χ2v) is 5.00. The van der Waals surface area contributed by atoms with Gasteiger partial charge >= 0.3 is 0 Å². The summed E-state index contributed by atoms with van der Waals surface area (Å²) < 4.78 is 5.15. The van der Waals surface area contributed by atoms with E-state index in [9.17, 15) is 10.1 Å². The van der Waals surface area contributed by atoms with Crippen molar-refractivity contribution in [2.24, 2.45) is 0 Å². The standard InChI is InChI=1S/C18H14N4O2/c19-10-14(18(23)20-12-16-7-4-8-24-16)9-15-11-21-22-17(15)13-5-2-1-3-6-13/h1-9,11H,12H2,(H,20,23)(H,21,22)/b14-9-. The normalized spacial score (nSPS) is 11.0. The van der Waals surface area contributed by atoms with Gasteiger partial charge in [-0.05, 0) is 18.2 Å². The number of nitriles is 1. The lowest BCUT2D eigenvalue weighted by Crippen LogP contribution is -2.23. The van der Waals surface area contributed by atoms with Crippen molar-refractivity contribution in [2.75, 3.05) is 0 Å². The smallest absolute Gasteiger partial charge is 0.262 e. The van der Waals surface area contributed by atoms with Gasteiger partial charge in [0.05, 0.1) is 24.7 Å². The number of hydrogen-bond acceptors (Lipinski definition) is 4. The molecule has 24 heavy (non-hydrogen) atoms. The monoisotopic (exact) mass is 318 g/mol. The molecule has 3 rings (SSSR count). The number of nitrogens with zero attached hydrogens (tertiary/aromatic N) is 2. The average Bonchev–Trinajstić information content (AvgIpc) is 3.30. The van der Waals surface area contributed by atoms with E-state index in [2.05, 4.69) is 15.5 Å². The van der Waals surface area contributed by atoms with Crippen molar-refractivity contribution in [1.29, 1.82) is 5.26 Å². The van der Waals surface area contributed by atoms with Crippen LogP contribution in [-0.4, -0.2) is 16.1 Å². The Kier molecular flexibility index (Phi) is 4.54. The summed E-state index contributed by atoms with van der Waals surface area (Å²) in [5.41, 5.74) is 2.35. The van der Waals surface area contributed by atoms with E-state index in [4.69, 9.17) is 4.42 Å². The highest BCUT2D eigenvalue weighted by molar-refractivity contribution is 6.02. The zero-order valence-electron chi connectivity index (χ0n) is 12.7. The van der Waals surface area contributed by atoms with E-state index >= 15 is 0 Å². The summed E-state index contributed by atoms with van der Waals surface area (Å²) in [4.78, 5) is 12.2. The van der Waals surface area contributed by atoms with Gasteiger partial charge in [0.15, 0.2) is 0 Å². The van der Waals surface area contributed by atoms with Gasteiger partial charge in [-0.2, -0.15) is 10.4 Å². The highest BCUT2D eigenvalue weighted by Gasteiger charge is 2.12. The third-order valence-corrected chi connectivity index (χ3v) is 3.40. The molecule has 2 aromatic heterocycles. The topological polar surface area (TPSA) is 94.7 Å². The van der Waals surface area contributed by atoms with Crippen LogP contribution in [0.2, 0.25) is 0 Å². The number of hydrogen-bond donors (Lipinski definition) is 2. The Hall–Kier alpha value is -3.59. The van der Waals surface area contributed by atoms with Crippen LogP contribution in [-0.2, 0) is 11.3 Å². The first-order chi connectivity index (χ1) is 11.8. The number of nitrogens with one attached hydrogen (secondary N) is 2. The summed E-state index contributed by atoms with van der Waals surface area (Å²) in [6, 6.07) is 15.0. The predicted octanol–water partition coefficient (Wildman–Crippen LogP) is 2.89. The molecule has 2 N–H and O–H groups in total. The molecule has 0 aliphatic rings. The molecule has 6 heteroatoms. The molecule has 0 unspecified atom stereocenters. The third-order valence-electron chi connectivity index (χ3n) is 3.40. The third kappa shape index (κ3) is 3.42. The molecule has 0 bridgehead atoms. The van der Waals surface area contributed by atoms with E-state index in [1.54, 1.807) is 18.3 Å². The van der Waals surface area contributed by atoms with Crippen LogP contribution in [0.4, 0.5) is 0 Å². The van der Waals surface area contributed by atoms with Crippen molar-refractivity contribution < 1.29 is 9.21 Å². The molecule has 1 amide bonds. The Balaban J connectivity index is 1.80. The fourth-order valence-electron chi connectivity index (χ4n) is 2.22.